The highest BCUT2D eigenvalue weighted by atomic mass is 19.1. The van der Waals surface area contributed by atoms with Crippen LogP contribution in [0.2, 0.25) is 0 Å². The lowest BCUT2D eigenvalue weighted by Crippen LogP contribution is -2.44. The number of Topliss-reactive ketones (excluding diaryl/α,β-unsaturated/α-hetero) is 1. The Morgan fingerprint density at radius 3 is 2.48 bits per heavy atom. The molecule has 308 valence electrons. The fourth-order valence-corrected chi connectivity index (χ4v) is 9.45. The SMILES string of the molecule is CC[C@@]1(O)C(=O)OCc2c1cc1n(c2=O)Cc2c-1nc1cc(F)c(C)c3c1c2[C@@H](N(C)C(=O)COCCC(=O)CNC(=O)OCC1c2ccccc2-c2ccccc21)CC3. The molecular weight excluding hydrogens is 772 g/mol. The molecule has 9 rings (SSSR count). The number of alkyl carbamates (subject to hydrolysis) is 1. The number of carbonyl (C=O) groups excluding carboxylic acids is 4. The van der Waals surface area contributed by atoms with Crippen LogP contribution in [0.1, 0.15) is 82.7 Å². The Balaban J connectivity index is 0.857. The topological polar surface area (TPSA) is 166 Å². The lowest BCUT2D eigenvalue weighted by Gasteiger charge is -2.35. The molecule has 2 N–H and O–H groups in total. The number of cyclic esters (lactones) is 1. The number of amides is 2. The van der Waals surface area contributed by atoms with E-state index < -0.39 is 35.1 Å². The number of hydrogen-bond acceptors (Lipinski definition) is 10. The summed E-state index contributed by atoms with van der Waals surface area (Å²) < 4.78 is 33.3. The third-order valence-electron chi connectivity index (χ3n) is 12.7. The van der Waals surface area contributed by atoms with Gasteiger partial charge in [-0.1, -0.05) is 55.5 Å². The van der Waals surface area contributed by atoms with E-state index in [-0.39, 0.29) is 81.1 Å². The molecule has 14 heteroatoms. The van der Waals surface area contributed by atoms with Crippen LogP contribution in [0.5, 0.6) is 0 Å². The number of fused-ring (bicyclic) bond motifs is 8. The van der Waals surface area contributed by atoms with Crippen LogP contribution in [0.4, 0.5) is 9.18 Å². The van der Waals surface area contributed by atoms with Crippen molar-refractivity contribution in [3.8, 4) is 22.5 Å². The maximum absolute atomic E-state index is 15.4. The van der Waals surface area contributed by atoms with Crippen LogP contribution in [-0.2, 0) is 53.8 Å². The van der Waals surface area contributed by atoms with E-state index in [1.165, 1.54) is 10.6 Å². The minimum absolute atomic E-state index is 0.0117. The van der Waals surface area contributed by atoms with Crippen molar-refractivity contribution in [3.05, 3.63) is 121 Å². The Hall–Kier alpha value is -6.25. The van der Waals surface area contributed by atoms with E-state index in [1.807, 2.05) is 36.4 Å². The first kappa shape index (κ1) is 39.2. The molecule has 0 spiro atoms. The van der Waals surface area contributed by atoms with Gasteiger partial charge >= 0.3 is 12.1 Å². The van der Waals surface area contributed by atoms with Gasteiger partial charge in [-0.3, -0.25) is 14.4 Å². The summed E-state index contributed by atoms with van der Waals surface area (Å²) in [6.45, 7) is 2.69. The molecule has 2 aliphatic carbocycles. The number of likely N-dealkylation sites (N-methyl/N-ethyl adjacent to an activating group) is 1. The molecule has 4 heterocycles. The largest absolute Gasteiger partial charge is 0.458 e. The van der Waals surface area contributed by atoms with Crippen LogP contribution in [-0.4, -0.2) is 76.7 Å². The number of ether oxygens (including phenoxy) is 3. The van der Waals surface area contributed by atoms with Crippen LogP contribution in [0.15, 0.2) is 65.5 Å². The Kier molecular flexibility index (Phi) is 9.87. The Bertz CT molecular complexity index is 2680. The molecule has 5 aromatic rings. The lowest BCUT2D eigenvalue weighted by atomic mass is 9.81. The normalized spacial score (nSPS) is 18.2. The van der Waals surface area contributed by atoms with E-state index in [9.17, 15) is 29.1 Å². The van der Waals surface area contributed by atoms with Gasteiger partial charge in [0.25, 0.3) is 5.56 Å². The number of hydrogen-bond donors (Lipinski definition) is 2. The summed E-state index contributed by atoms with van der Waals surface area (Å²) in [5.74, 6) is -2.01. The predicted octanol–water partition coefficient (Wildman–Crippen LogP) is 5.49. The highest BCUT2D eigenvalue weighted by Crippen LogP contribution is 2.48. The lowest BCUT2D eigenvalue weighted by molar-refractivity contribution is -0.172. The highest BCUT2D eigenvalue weighted by molar-refractivity contribution is 5.94. The number of aromatic nitrogens is 2. The summed E-state index contributed by atoms with van der Waals surface area (Å²) in [5.41, 5.74) is 6.21. The predicted molar refractivity (Wildman–Crippen MR) is 217 cm³/mol. The van der Waals surface area contributed by atoms with Crippen LogP contribution in [0, 0.1) is 12.7 Å². The monoisotopic (exact) mass is 814 g/mol. The summed E-state index contributed by atoms with van der Waals surface area (Å²) >= 11 is 0. The van der Waals surface area contributed by atoms with Gasteiger partial charge in [-0.05, 0) is 71.2 Å². The molecule has 0 unspecified atom stereocenters. The number of benzene rings is 3. The maximum atomic E-state index is 15.4. The van der Waals surface area contributed by atoms with Crippen molar-refractivity contribution in [1.82, 2.24) is 19.8 Å². The molecule has 0 saturated heterocycles. The van der Waals surface area contributed by atoms with Gasteiger partial charge in [0.2, 0.25) is 5.91 Å². The quantitative estimate of drug-likeness (QED) is 0.126. The first-order valence-corrected chi connectivity index (χ1v) is 20.2. The molecule has 2 amide bonds. The third-order valence-corrected chi connectivity index (χ3v) is 12.7. The number of ketones is 1. The summed E-state index contributed by atoms with van der Waals surface area (Å²) in [5, 5.41) is 14.6. The average molecular weight is 815 g/mol. The molecule has 0 bridgehead atoms. The van der Waals surface area contributed by atoms with Gasteiger partial charge in [0.05, 0.1) is 48.2 Å². The minimum atomic E-state index is -2.01. The Labute approximate surface area is 344 Å². The smallest absolute Gasteiger partial charge is 0.407 e. The number of rotatable bonds is 11. The number of esters is 1. The number of nitrogens with one attached hydrogen (secondary N) is 1. The summed E-state index contributed by atoms with van der Waals surface area (Å²) in [6, 6.07) is 18.5. The van der Waals surface area contributed by atoms with E-state index in [1.54, 1.807) is 31.9 Å². The number of nitrogens with zero attached hydrogens (tertiary/aromatic N) is 3. The van der Waals surface area contributed by atoms with Gasteiger partial charge in [0.1, 0.15) is 25.6 Å². The fraction of sp³-hybridized carbons (Fsp3) is 0.348. The molecule has 0 fully saturated rings. The highest BCUT2D eigenvalue weighted by Gasteiger charge is 2.46. The second-order valence-electron chi connectivity index (χ2n) is 15.9. The molecule has 2 atom stereocenters. The number of carbonyl (C=O) groups is 4. The van der Waals surface area contributed by atoms with Gasteiger partial charge in [0, 0.05) is 42.0 Å². The van der Waals surface area contributed by atoms with Crippen molar-refractivity contribution in [2.24, 2.45) is 0 Å². The van der Waals surface area contributed by atoms with E-state index in [0.29, 0.717) is 40.9 Å². The van der Waals surface area contributed by atoms with E-state index in [2.05, 4.69) is 17.4 Å². The minimum Gasteiger partial charge on any atom is -0.458 e. The van der Waals surface area contributed by atoms with Crippen molar-refractivity contribution >= 4 is 34.7 Å². The molecule has 2 aromatic heterocycles. The number of aliphatic hydroxyl groups is 1. The average Bonchev–Trinajstić information content (AvgIpc) is 3.79. The molecule has 2 aliphatic heterocycles. The molecule has 60 heavy (non-hydrogen) atoms. The van der Waals surface area contributed by atoms with Gasteiger partial charge in [-0.15, -0.1) is 0 Å². The van der Waals surface area contributed by atoms with Crippen molar-refractivity contribution < 1.29 is 42.9 Å². The number of halogens is 1. The molecule has 4 aliphatic rings. The third kappa shape index (κ3) is 6.27. The summed E-state index contributed by atoms with van der Waals surface area (Å²) in [4.78, 5) is 72.1. The van der Waals surface area contributed by atoms with Crippen molar-refractivity contribution in [3.63, 3.8) is 0 Å². The van der Waals surface area contributed by atoms with E-state index in [0.717, 1.165) is 38.8 Å². The van der Waals surface area contributed by atoms with E-state index >= 15 is 4.39 Å². The number of aryl methyl sites for hydroxylation is 1. The first-order chi connectivity index (χ1) is 28.9. The van der Waals surface area contributed by atoms with Crippen molar-refractivity contribution in [2.45, 2.75) is 70.2 Å². The molecule has 3 aromatic carbocycles. The Morgan fingerprint density at radius 1 is 1.05 bits per heavy atom. The zero-order valence-corrected chi connectivity index (χ0v) is 33.4. The van der Waals surface area contributed by atoms with Crippen molar-refractivity contribution in [1.29, 1.82) is 0 Å². The molecule has 0 saturated carbocycles. The zero-order chi connectivity index (χ0) is 42.0. The van der Waals surface area contributed by atoms with Crippen LogP contribution in [0.3, 0.4) is 0 Å². The van der Waals surface area contributed by atoms with Crippen LogP contribution in [0.25, 0.3) is 33.4 Å². The summed E-state index contributed by atoms with van der Waals surface area (Å²) in [6.07, 6.45) is 0.187. The number of pyridine rings is 2. The van der Waals surface area contributed by atoms with E-state index in [4.69, 9.17) is 19.2 Å². The van der Waals surface area contributed by atoms with Gasteiger partial charge in [-0.25, -0.2) is 19.0 Å². The molecule has 0 radical (unpaired) electrons. The van der Waals surface area contributed by atoms with Crippen LogP contribution < -0.4 is 10.9 Å². The standard InChI is InChI=1S/C46H43FN4O9/c1-4-46(57)34-17-38-42-31(20-51(38)43(54)33(34)22-59-44(46)55)41-37(14-13-26-24(2)35(47)18-36(49-42)40(26)41)50(3)39(53)23-58-16-15-25(52)19-48-45(56)60-21-32-29-11-7-5-9-27(29)28-10-6-8-12-30(28)32/h5-12,17-18,32,37,57H,4,13-16,19-23H2,1-3H3,(H,48,56)/t37-,46-/m0/s1. The van der Waals surface area contributed by atoms with Gasteiger partial charge in [0.15, 0.2) is 11.4 Å². The van der Waals surface area contributed by atoms with Crippen LogP contribution >= 0.6 is 0 Å². The first-order valence-electron chi connectivity index (χ1n) is 20.2. The van der Waals surface area contributed by atoms with Crippen molar-refractivity contribution in [2.75, 3.05) is 33.4 Å². The molecular formula is C46H43FN4O9. The summed E-state index contributed by atoms with van der Waals surface area (Å²) in [7, 11) is 1.66. The fourth-order valence-electron chi connectivity index (χ4n) is 9.45. The zero-order valence-electron chi connectivity index (χ0n) is 33.4. The maximum Gasteiger partial charge on any atom is 0.407 e. The second kappa shape index (κ2) is 15.1. The van der Waals surface area contributed by atoms with Gasteiger partial charge < -0.3 is 34.1 Å². The molecule has 13 nitrogen and oxygen atoms in total. The Morgan fingerprint density at radius 2 is 1.77 bits per heavy atom. The second-order valence-corrected chi connectivity index (χ2v) is 15.9. The van der Waals surface area contributed by atoms with Gasteiger partial charge in [-0.2, -0.15) is 0 Å².